The summed E-state index contributed by atoms with van der Waals surface area (Å²) >= 11 is 0. The summed E-state index contributed by atoms with van der Waals surface area (Å²) in [5, 5.41) is 0. The molecule has 3 aromatic rings. The highest BCUT2D eigenvalue weighted by Gasteiger charge is 2.03. The molecule has 0 aliphatic carbocycles. The molecule has 0 saturated carbocycles. The molecular weight excluding hydrogens is 384 g/mol. The Morgan fingerprint density at radius 2 is 1.29 bits per heavy atom. The molecule has 0 radical (unpaired) electrons. The Hall–Kier alpha value is -2.88. The van der Waals surface area contributed by atoms with Gasteiger partial charge in [-0.05, 0) is 66.8 Å². The van der Waals surface area contributed by atoms with E-state index in [0.29, 0.717) is 6.61 Å². The van der Waals surface area contributed by atoms with Crippen molar-refractivity contribution in [3.63, 3.8) is 0 Å². The molecule has 1 aromatic heterocycles. The topological polar surface area (TPSA) is 44.2 Å². The van der Waals surface area contributed by atoms with Crippen LogP contribution in [0.2, 0.25) is 0 Å². The third kappa shape index (κ3) is 7.71. The van der Waals surface area contributed by atoms with Gasteiger partial charge < -0.3 is 9.47 Å². The Kier molecular flexibility index (Phi) is 9.36. The smallest absolute Gasteiger partial charge is 0.159 e. The van der Waals surface area contributed by atoms with E-state index in [0.717, 1.165) is 47.9 Å². The van der Waals surface area contributed by atoms with Crippen LogP contribution in [0.3, 0.4) is 0 Å². The summed E-state index contributed by atoms with van der Waals surface area (Å²) in [4.78, 5) is 9.01. The lowest BCUT2D eigenvalue weighted by Gasteiger charge is -2.09. The van der Waals surface area contributed by atoms with Gasteiger partial charge in [0.2, 0.25) is 0 Å². The van der Waals surface area contributed by atoms with Crippen LogP contribution >= 0.6 is 0 Å². The molecule has 4 heteroatoms. The number of unbranched alkanes of at least 4 members (excludes halogenated alkanes) is 4. The molecule has 0 aliphatic rings. The molecule has 0 saturated heterocycles. The summed E-state index contributed by atoms with van der Waals surface area (Å²) in [5.41, 5.74) is 3.31. The predicted molar refractivity (Wildman–Crippen MR) is 126 cm³/mol. The zero-order chi connectivity index (χ0) is 21.7. The molecule has 4 nitrogen and oxygen atoms in total. The van der Waals surface area contributed by atoms with Crippen LogP contribution in [-0.2, 0) is 13.0 Å². The molecule has 31 heavy (non-hydrogen) atoms. The van der Waals surface area contributed by atoms with Crippen LogP contribution in [0.4, 0.5) is 0 Å². The normalized spacial score (nSPS) is 10.8. The molecule has 164 valence electrons. The quantitative estimate of drug-likeness (QED) is 0.280. The fraction of sp³-hybridized carbons (Fsp3) is 0.407. The first-order chi connectivity index (χ1) is 15.3. The largest absolute Gasteiger partial charge is 0.494 e. The molecule has 0 aliphatic heterocycles. The molecule has 0 unspecified atom stereocenters. The van der Waals surface area contributed by atoms with Crippen molar-refractivity contribution in [2.45, 2.75) is 65.4 Å². The minimum absolute atomic E-state index is 0.527. The van der Waals surface area contributed by atoms with E-state index in [9.17, 15) is 0 Å². The van der Waals surface area contributed by atoms with Crippen LogP contribution in [0.25, 0.3) is 11.4 Å². The Morgan fingerprint density at radius 3 is 1.97 bits per heavy atom. The predicted octanol–water partition coefficient (Wildman–Crippen LogP) is 7.02. The van der Waals surface area contributed by atoms with Gasteiger partial charge in [-0.25, -0.2) is 9.97 Å². The summed E-state index contributed by atoms with van der Waals surface area (Å²) in [6.07, 6.45) is 12.1. The number of aryl methyl sites for hydroxylation is 1. The van der Waals surface area contributed by atoms with Gasteiger partial charge in [0.25, 0.3) is 0 Å². The van der Waals surface area contributed by atoms with Crippen LogP contribution in [0, 0.1) is 0 Å². The van der Waals surface area contributed by atoms with Crippen LogP contribution in [0.15, 0.2) is 60.9 Å². The first kappa shape index (κ1) is 22.8. The third-order valence-corrected chi connectivity index (χ3v) is 5.23. The molecule has 3 rings (SSSR count). The molecule has 0 fully saturated rings. The van der Waals surface area contributed by atoms with E-state index in [4.69, 9.17) is 9.47 Å². The molecule has 0 N–H and O–H groups in total. The molecule has 1 heterocycles. The van der Waals surface area contributed by atoms with Gasteiger partial charge in [0, 0.05) is 18.0 Å². The SMILES string of the molecule is CCCCCCOc1ccc(COc2ccc(-c3ncc(CCCC)cn3)cc2)cc1. The first-order valence-electron chi connectivity index (χ1n) is 11.5. The van der Waals surface area contributed by atoms with Gasteiger partial charge in [-0.2, -0.15) is 0 Å². The molecule has 0 atom stereocenters. The monoisotopic (exact) mass is 418 g/mol. The number of nitrogens with zero attached hydrogens (tertiary/aromatic N) is 2. The number of aromatic nitrogens is 2. The first-order valence-corrected chi connectivity index (χ1v) is 11.5. The van der Waals surface area contributed by atoms with Crippen molar-refractivity contribution in [1.29, 1.82) is 0 Å². The van der Waals surface area contributed by atoms with Gasteiger partial charge in [-0.3, -0.25) is 0 Å². The highest BCUT2D eigenvalue weighted by Crippen LogP contribution is 2.21. The minimum Gasteiger partial charge on any atom is -0.494 e. The molecule has 0 amide bonds. The maximum absolute atomic E-state index is 5.93. The average molecular weight is 419 g/mol. The standard InChI is InChI=1S/C27H34N2O2/c1-3-5-7-8-18-30-25-14-10-22(11-15-25)21-31-26-16-12-24(13-17-26)27-28-19-23(20-29-27)9-6-4-2/h10-17,19-20H,3-9,18,21H2,1-2H3. The van der Waals surface area contributed by atoms with E-state index in [-0.39, 0.29) is 0 Å². The average Bonchev–Trinajstić information content (AvgIpc) is 2.83. The van der Waals surface area contributed by atoms with Crippen molar-refractivity contribution in [3.05, 3.63) is 72.1 Å². The van der Waals surface area contributed by atoms with Crippen molar-refractivity contribution < 1.29 is 9.47 Å². The maximum Gasteiger partial charge on any atom is 0.159 e. The van der Waals surface area contributed by atoms with E-state index in [1.54, 1.807) is 0 Å². The Balaban J connectivity index is 1.45. The zero-order valence-electron chi connectivity index (χ0n) is 18.8. The summed E-state index contributed by atoms with van der Waals surface area (Å²) in [6.45, 7) is 5.72. The fourth-order valence-corrected chi connectivity index (χ4v) is 3.28. The highest BCUT2D eigenvalue weighted by atomic mass is 16.5. The Bertz CT molecular complexity index is 875. The number of rotatable bonds is 13. The van der Waals surface area contributed by atoms with Gasteiger partial charge in [-0.1, -0.05) is 51.7 Å². The molecule has 0 bridgehead atoms. The van der Waals surface area contributed by atoms with Crippen LogP contribution < -0.4 is 9.47 Å². The zero-order valence-corrected chi connectivity index (χ0v) is 18.8. The van der Waals surface area contributed by atoms with E-state index in [2.05, 4.69) is 35.9 Å². The van der Waals surface area contributed by atoms with E-state index in [1.165, 1.54) is 37.7 Å². The Labute approximate surface area is 186 Å². The van der Waals surface area contributed by atoms with Crippen molar-refractivity contribution in [2.75, 3.05) is 6.61 Å². The number of hydrogen-bond acceptors (Lipinski definition) is 4. The molecule has 2 aromatic carbocycles. The number of ether oxygens (including phenoxy) is 2. The van der Waals surface area contributed by atoms with E-state index >= 15 is 0 Å². The second kappa shape index (κ2) is 12.7. The summed E-state index contributed by atoms with van der Waals surface area (Å²) in [5.74, 6) is 2.50. The van der Waals surface area contributed by atoms with Gasteiger partial charge in [0.05, 0.1) is 6.61 Å². The number of benzene rings is 2. The number of hydrogen-bond donors (Lipinski definition) is 0. The minimum atomic E-state index is 0.527. The van der Waals surface area contributed by atoms with Crippen molar-refractivity contribution in [2.24, 2.45) is 0 Å². The van der Waals surface area contributed by atoms with Gasteiger partial charge in [0.15, 0.2) is 5.82 Å². The lowest BCUT2D eigenvalue weighted by Crippen LogP contribution is -1.99. The van der Waals surface area contributed by atoms with E-state index < -0.39 is 0 Å². The van der Waals surface area contributed by atoms with Gasteiger partial charge >= 0.3 is 0 Å². The maximum atomic E-state index is 5.93. The van der Waals surface area contributed by atoms with Crippen molar-refractivity contribution >= 4 is 0 Å². The Morgan fingerprint density at radius 1 is 0.645 bits per heavy atom. The van der Waals surface area contributed by atoms with Gasteiger partial charge in [0.1, 0.15) is 18.1 Å². The lowest BCUT2D eigenvalue weighted by molar-refractivity contribution is 0.300. The van der Waals surface area contributed by atoms with Crippen molar-refractivity contribution in [1.82, 2.24) is 9.97 Å². The van der Waals surface area contributed by atoms with Gasteiger partial charge in [-0.15, -0.1) is 0 Å². The third-order valence-electron chi connectivity index (χ3n) is 5.23. The summed E-state index contributed by atoms with van der Waals surface area (Å²) < 4.78 is 11.7. The highest BCUT2D eigenvalue weighted by molar-refractivity contribution is 5.55. The van der Waals surface area contributed by atoms with Crippen molar-refractivity contribution in [3.8, 4) is 22.9 Å². The van der Waals surface area contributed by atoms with Crippen LogP contribution in [0.5, 0.6) is 11.5 Å². The lowest BCUT2D eigenvalue weighted by atomic mass is 10.1. The second-order valence-corrected chi connectivity index (χ2v) is 7.88. The fourth-order valence-electron chi connectivity index (χ4n) is 3.28. The second-order valence-electron chi connectivity index (χ2n) is 7.88. The van der Waals surface area contributed by atoms with Crippen LogP contribution in [-0.4, -0.2) is 16.6 Å². The molecular formula is C27H34N2O2. The van der Waals surface area contributed by atoms with E-state index in [1.807, 2.05) is 48.8 Å². The summed E-state index contributed by atoms with van der Waals surface area (Å²) in [6, 6.07) is 16.1. The summed E-state index contributed by atoms with van der Waals surface area (Å²) in [7, 11) is 0. The molecule has 0 spiro atoms. The van der Waals surface area contributed by atoms with Crippen LogP contribution in [0.1, 0.15) is 63.5 Å².